The summed E-state index contributed by atoms with van der Waals surface area (Å²) in [5.41, 5.74) is 3.18. The van der Waals surface area contributed by atoms with Gasteiger partial charge in [-0.3, -0.25) is 24.6 Å². The van der Waals surface area contributed by atoms with Crippen molar-refractivity contribution in [3.8, 4) is 0 Å². The molecule has 3 aliphatic rings. The van der Waals surface area contributed by atoms with E-state index < -0.39 is 11.9 Å². The van der Waals surface area contributed by atoms with E-state index in [1.165, 1.54) is 0 Å². The first-order chi connectivity index (χ1) is 15.9. The molecule has 0 spiro atoms. The zero-order valence-electron chi connectivity index (χ0n) is 17.9. The third-order valence-corrected chi connectivity index (χ3v) is 7.09. The molecule has 1 aromatic heterocycles. The number of nitrogens with one attached hydrogen (secondary N) is 1. The number of aromatic nitrogens is 1. The minimum atomic E-state index is -0.604. The molecule has 0 aliphatic carbocycles. The van der Waals surface area contributed by atoms with Gasteiger partial charge in [-0.2, -0.15) is 0 Å². The van der Waals surface area contributed by atoms with Crippen LogP contribution < -0.4 is 10.2 Å². The van der Waals surface area contributed by atoms with Crippen LogP contribution >= 0.6 is 15.9 Å². The third-order valence-electron chi connectivity index (χ3n) is 6.53. The molecule has 8 nitrogen and oxygen atoms in total. The van der Waals surface area contributed by atoms with Crippen LogP contribution in [-0.2, 0) is 22.7 Å². The van der Waals surface area contributed by atoms with Gasteiger partial charge in [0.25, 0.3) is 5.91 Å². The molecule has 2 aromatic rings. The fraction of sp³-hybridized carbons (Fsp3) is 0.391. The number of rotatable bonds is 4. The maximum Gasteiger partial charge on any atom is 0.255 e. The van der Waals surface area contributed by atoms with Crippen LogP contribution in [0.2, 0.25) is 0 Å². The summed E-state index contributed by atoms with van der Waals surface area (Å²) in [7, 11) is 0. The highest BCUT2D eigenvalue weighted by Gasteiger charge is 2.39. The molecule has 1 atom stereocenters. The number of hydrogen-bond acceptors (Lipinski definition) is 6. The number of imide groups is 1. The monoisotopic (exact) mass is 515 g/mol. The lowest BCUT2D eigenvalue weighted by atomic mass is 10.0. The van der Waals surface area contributed by atoms with Gasteiger partial charge in [-0.15, -0.1) is 0 Å². The molecule has 1 N–H and O–H groups in total. The van der Waals surface area contributed by atoms with Crippen LogP contribution in [0, 0.1) is 5.82 Å². The molecule has 3 aliphatic heterocycles. The predicted octanol–water partition coefficient (Wildman–Crippen LogP) is 2.07. The molecule has 2 saturated heterocycles. The number of hydrogen-bond donors (Lipinski definition) is 1. The van der Waals surface area contributed by atoms with E-state index in [1.807, 2.05) is 23.1 Å². The highest BCUT2D eigenvalue weighted by Crippen LogP contribution is 2.29. The molecule has 10 heteroatoms. The first-order valence-electron chi connectivity index (χ1n) is 10.9. The Balaban J connectivity index is 1.22. The summed E-state index contributed by atoms with van der Waals surface area (Å²) >= 11 is 3.15. The Morgan fingerprint density at radius 2 is 1.91 bits per heavy atom. The smallest absolute Gasteiger partial charge is 0.255 e. The van der Waals surface area contributed by atoms with E-state index in [0.29, 0.717) is 37.3 Å². The number of anilines is 1. The fourth-order valence-electron chi connectivity index (χ4n) is 4.78. The molecule has 1 unspecified atom stereocenters. The Bertz CT molecular complexity index is 1140. The average molecular weight is 516 g/mol. The van der Waals surface area contributed by atoms with E-state index in [1.54, 1.807) is 17.2 Å². The van der Waals surface area contributed by atoms with Crippen LogP contribution in [0.25, 0.3) is 0 Å². The van der Waals surface area contributed by atoms with E-state index in [-0.39, 0.29) is 28.7 Å². The molecule has 0 saturated carbocycles. The molecular formula is C23H23BrFN5O3. The van der Waals surface area contributed by atoms with Crippen molar-refractivity contribution in [1.82, 2.24) is 20.1 Å². The van der Waals surface area contributed by atoms with Crippen molar-refractivity contribution in [1.29, 1.82) is 0 Å². The van der Waals surface area contributed by atoms with Gasteiger partial charge in [-0.1, -0.05) is 12.1 Å². The summed E-state index contributed by atoms with van der Waals surface area (Å²) in [4.78, 5) is 46.3. The summed E-state index contributed by atoms with van der Waals surface area (Å²) < 4.78 is 14.6. The van der Waals surface area contributed by atoms with Crippen molar-refractivity contribution in [2.75, 3.05) is 31.1 Å². The quantitative estimate of drug-likeness (QED) is 0.495. The molecule has 4 heterocycles. The van der Waals surface area contributed by atoms with Crippen molar-refractivity contribution in [3.63, 3.8) is 0 Å². The maximum atomic E-state index is 14.4. The van der Waals surface area contributed by atoms with Crippen molar-refractivity contribution >= 4 is 39.3 Å². The topological polar surface area (TPSA) is 85.9 Å². The second-order valence-electron chi connectivity index (χ2n) is 8.59. The van der Waals surface area contributed by atoms with Crippen molar-refractivity contribution in [2.24, 2.45) is 0 Å². The predicted molar refractivity (Wildman–Crippen MR) is 122 cm³/mol. The number of amides is 3. The SMILES string of the molecule is O=C1CCC(N2Cc3cc(CN4CCN(c5ccnc(Br)c5F)CC4)ccc3C2=O)C(=O)N1. The summed E-state index contributed by atoms with van der Waals surface area (Å²) in [6, 6.07) is 6.91. The minimum absolute atomic E-state index is 0.162. The van der Waals surface area contributed by atoms with Gasteiger partial charge in [0.2, 0.25) is 11.8 Å². The number of carbonyl (C=O) groups is 3. The Labute approximate surface area is 198 Å². The molecule has 33 heavy (non-hydrogen) atoms. The summed E-state index contributed by atoms with van der Waals surface area (Å²) in [5.74, 6) is -1.19. The second kappa shape index (κ2) is 8.83. The van der Waals surface area contributed by atoms with Gasteiger partial charge >= 0.3 is 0 Å². The van der Waals surface area contributed by atoms with Gasteiger partial charge in [0.05, 0.1) is 5.69 Å². The fourth-order valence-corrected chi connectivity index (χ4v) is 5.11. The van der Waals surface area contributed by atoms with Crippen molar-refractivity contribution in [3.05, 3.63) is 57.6 Å². The van der Waals surface area contributed by atoms with Crippen LogP contribution in [0.1, 0.15) is 34.3 Å². The molecular weight excluding hydrogens is 493 g/mol. The van der Waals surface area contributed by atoms with E-state index >= 15 is 0 Å². The number of piperidine rings is 1. The molecule has 2 fully saturated rings. The molecule has 0 bridgehead atoms. The first-order valence-corrected chi connectivity index (χ1v) is 11.7. The molecule has 3 amide bonds. The van der Waals surface area contributed by atoms with Crippen LogP contribution in [0.4, 0.5) is 10.1 Å². The number of piperazine rings is 1. The lowest BCUT2D eigenvalue weighted by molar-refractivity contribution is -0.136. The van der Waals surface area contributed by atoms with Gasteiger partial charge in [-0.05, 0) is 45.6 Å². The number of carbonyl (C=O) groups excluding carboxylic acids is 3. The Kier molecular flexibility index (Phi) is 5.88. The highest BCUT2D eigenvalue weighted by molar-refractivity contribution is 9.10. The van der Waals surface area contributed by atoms with E-state index in [2.05, 4.69) is 31.1 Å². The highest BCUT2D eigenvalue weighted by atomic mass is 79.9. The van der Waals surface area contributed by atoms with Crippen molar-refractivity contribution in [2.45, 2.75) is 32.0 Å². The Hall–Kier alpha value is -2.85. The lowest BCUT2D eigenvalue weighted by Crippen LogP contribution is -2.52. The standard InChI is InChI=1S/C23H23BrFN5O3/c24-21-20(25)17(5-6-26-21)29-9-7-28(8-10-29)12-14-1-2-16-15(11-14)13-30(23(16)33)18-3-4-19(31)27-22(18)32/h1-2,5-6,11,18H,3-4,7-10,12-13H2,(H,27,31,32). The van der Waals surface area contributed by atoms with Gasteiger partial charge in [-0.25, -0.2) is 9.37 Å². The second-order valence-corrected chi connectivity index (χ2v) is 9.34. The maximum absolute atomic E-state index is 14.4. The van der Waals surface area contributed by atoms with E-state index in [9.17, 15) is 18.8 Å². The van der Waals surface area contributed by atoms with Crippen LogP contribution in [0.3, 0.4) is 0 Å². The molecule has 172 valence electrons. The molecule has 1 aromatic carbocycles. The van der Waals surface area contributed by atoms with Crippen LogP contribution in [0.15, 0.2) is 35.1 Å². The zero-order chi connectivity index (χ0) is 23.1. The van der Waals surface area contributed by atoms with Gasteiger partial charge in [0.1, 0.15) is 10.6 Å². The number of fused-ring (bicyclic) bond motifs is 1. The van der Waals surface area contributed by atoms with Crippen molar-refractivity contribution < 1.29 is 18.8 Å². The van der Waals surface area contributed by atoms with E-state index in [0.717, 1.165) is 30.8 Å². The summed E-state index contributed by atoms with van der Waals surface area (Å²) in [5, 5.41) is 2.33. The minimum Gasteiger partial charge on any atom is -0.366 e. The number of benzene rings is 1. The lowest BCUT2D eigenvalue weighted by Gasteiger charge is -2.36. The molecule has 5 rings (SSSR count). The number of nitrogens with zero attached hydrogens (tertiary/aromatic N) is 4. The van der Waals surface area contributed by atoms with Gasteiger partial charge in [0, 0.05) is 57.4 Å². The largest absolute Gasteiger partial charge is 0.366 e. The van der Waals surface area contributed by atoms with Gasteiger partial charge in [0.15, 0.2) is 5.82 Å². The normalized spacial score (nSPS) is 21.4. The Morgan fingerprint density at radius 1 is 1.12 bits per heavy atom. The number of halogens is 2. The summed E-state index contributed by atoms with van der Waals surface area (Å²) in [6.07, 6.45) is 2.20. The molecule has 0 radical (unpaired) electrons. The van der Waals surface area contributed by atoms with Crippen LogP contribution in [0.5, 0.6) is 0 Å². The Morgan fingerprint density at radius 3 is 2.67 bits per heavy atom. The van der Waals surface area contributed by atoms with Crippen LogP contribution in [-0.4, -0.2) is 64.7 Å². The number of pyridine rings is 1. The first kappa shape index (κ1) is 22.0. The average Bonchev–Trinajstić information content (AvgIpc) is 3.12. The zero-order valence-corrected chi connectivity index (χ0v) is 19.5. The van der Waals surface area contributed by atoms with E-state index in [4.69, 9.17) is 0 Å². The summed E-state index contributed by atoms with van der Waals surface area (Å²) in [6.45, 7) is 4.10. The third kappa shape index (κ3) is 4.24. The van der Waals surface area contributed by atoms with Gasteiger partial charge < -0.3 is 9.80 Å².